The number of hydrazone groups is 1. The molecule has 0 radical (unpaired) electrons. The summed E-state index contributed by atoms with van der Waals surface area (Å²) in [5, 5.41) is 8.05. The van der Waals surface area contributed by atoms with Crippen LogP contribution in [-0.2, 0) is 9.53 Å². The summed E-state index contributed by atoms with van der Waals surface area (Å²) in [7, 11) is 0. The van der Waals surface area contributed by atoms with Gasteiger partial charge in [0.25, 0.3) is 0 Å². The van der Waals surface area contributed by atoms with Crippen LogP contribution in [0.2, 0.25) is 5.02 Å². The zero-order valence-corrected chi connectivity index (χ0v) is 22.5. The molecular formula is C24H25BrClN7O4. The average Bonchev–Trinajstić information content (AvgIpc) is 2.87. The molecule has 2 N–H and O–H groups in total. The summed E-state index contributed by atoms with van der Waals surface area (Å²) in [4.78, 5) is 27.0. The Labute approximate surface area is 227 Å². The lowest BCUT2D eigenvalue weighted by Crippen LogP contribution is -2.37. The Balaban J connectivity index is 1.58. The lowest BCUT2D eigenvalue weighted by atomic mass is 10.2. The highest BCUT2D eigenvalue weighted by Gasteiger charge is 2.17. The second-order valence-electron chi connectivity index (χ2n) is 7.73. The highest BCUT2D eigenvalue weighted by molar-refractivity contribution is 9.10. The van der Waals surface area contributed by atoms with Gasteiger partial charge in [0.2, 0.25) is 17.8 Å². The third-order valence-electron chi connectivity index (χ3n) is 4.98. The van der Waals surface area contributed by atoms with E-state index in [1.807, 2.05) is 24.0 Å². The Morgan fingerprint density at radius 3 is 2.70 bits per heavy atom. The van der Waals surface area contributed by atoms with Crippen molar-refractivity contribution in [3.05, 3.63) is 51.5 Å². The summed E-state index contributed by atoms with van der Waals surface area (Å²) in [5.74, 6) is 1.37. The van der Waals surface area contributed by atoms with Crippen molar-refractivity contribution in [2.45, 2.75) is 13.8 Å². The van der Waals surface area contributed by atoms with E-state index in [1.54, 1.807) is 30.5 Å². The van der Waals surface area contributed by atoms with Gasteiger partial charge in [0, 0.05) is 40.8 Å². The second-order valence-corrected chi connectivity index (χ2v) is 9.03. The highest BCUT2D eigenvalue weighted by atomic mass is 79.9. The van der Waals surface area contributed by atoms with Crippen molar-refractivity contribution in [1.29, 1.82) is 0 Å². The number of rotatable bonds is 9. The van der Waals surface area contributed by atoms with Gasteiger partial charge in [0.15, 0.2) is 11.5 Å². The summed E-state index contributed by atoms with van der Waals surface area (Å²) in [6, 6.07) is 10.6. The molecular weight excluding hydrogens is 566 g/mol. The van der Waals surface area contributed by atoms with Gasteiger partial charge in [-0.2, -0.15) is 20.1 Å². The molecule has 1 fully saturated rings. The van der Waals surface area contributed by atoms with Crippen molar-refractivity contribution in [1.82, 2.24) is 15.0 Å². The molecule has 11 nitrogen and oxygen atoms in total. The average molecular weight is 591 g/mol. The zero-order valence-electron chi connectivity index (χ0n) is 20.2. The van der Waals surface area contributed by atoms with E-state index in [4.69, 9.17) is 25.8 Å². The Kier molecular flexibility index (Phi) is 9.09. The summed E-state index contributed by atoms with van der Waals surface area (Å²) in [6.07, 6.45) is 1.58. The number of carbonyl (C=O) groups excluding carboxylic acids is 1. The summed E-state index contributed by atoms with van der Waals surface area (Å²) < 4.78 is 17.0. The van der Waals surface area contributed by atoms with Crippen LogP contribution in [0.4, 0.5) is 23.5 Å². The lowest BCUT2D eigenvalue weighted by Gasteiger charge is -2.27. The molecule has 4 rings (SSSR count). The minimum Gasteiger partial charge on any atom is -0.490 e. The van der Waals surface area contributed by atoms with Gasteiger partial charge in [-0.15, -0.1) is 0 Å². The first-order valence-electron chi connectivity index (χ1n) is 11.5. The lowest BCUT2D eigenvalue weighted by molar-refractivity contribution is -0.132. The monoisotopic (exact) mass is 589 g/mol. The highest BCUT2D eigenvalue weighted by Crippen LogP contribution is 2.33. The summed E-state index contributed by atoms with van der Waals surface area (Å²) >= 11 is 9.60. The molecule has 0 saturated carbocycles. The van der Waals surface area contributed by atoms with Crippen LogP contribution in [0.3, 0.4) is 0 Å². The quantitative estimate of drug-likeness (QED) is 0.158. The number of aromatic nitrogens is 3. The standard InChI is InChI=1S/C24H25BrClN7O4/c1-3-36-20-11-16(19(25)13-21(20)37-15(2)34)14-27-32-23-29-22(28-18-6-4-5-17(26)12-18)30-24(31-23)33-7-9-35-10-8-33/h4-6,11-14H,3,7-10H2,1-2H3,(H2,28,29,30,31,32). The number of carbonyl (C=O) groups is 1. The minimum atomic E-state index is -0.441. The van der Waals surface area contributed by atoms with Gasteiger partial charge >= 0.3 is 5.97 Å². The van der Waals surface area contributed by atoms with E-state index in [0.29, 0.717) is 71.4 Å². The van der Waals surface area contributed by atoms with Gasteiger partial charge in [-0.1, -0.05) is 17.7 Å². The van der Waals surface area contributed by atoms with E-state index in [1.165, 1.54) is 6.92 Å². The molecule has 0 spiro atoms. The molecule has 0 amide bonds. The van der Waals surface area contributed by atoms with E-state index < -0.39 is 5.97 Å². The summed E-state index contributed by atoms with van der Waals surface area (Å²) in [6.45, 7) is 6.07. The van der Waals surface area contributed by atoms with E-state index in [-0.39, 0.29) is 5.95 Å². The van der Waals surface area contributed by atoms with Crippen molar-refractivity contribution in [2.75, 3.05) is 48.6 Å². The van der Waals surface area contributed by atoms with Crippen LogP contribution in [0.15, 0.2) is 46.0 Å². The predicted octanol–water partition coefficient (Wildman–Crippen LogP) is 4.64. The first-order chi connectivity index (χ1) is 17.9. The SMILES string of the molecule is CCOc1cc(C=NNc2nc(Nc3cccc(Cl)c3)nc(N3CCOCC3)n2)c(Br)cc1OC(C)=O. The molecule has 1 aliphatic rings. The number of esters is 1. The molecule has 37 heavy (non-hydrogen) atoms. The number of morpholine rings is 1. The number of nitrogens with zero attached hydrogens (tertiary/aromatic N) is 5. The van der Waals surface area contributed by atoms with E-state index in [0.717, 1.165) is 5.69 Å². The minimum absolute atomic E-state index is 0.245. The fourth-order valence-electron chi connectivity index (χ4n) is 3.38. The van der Waals surface area contributed by atoms with Gasteiger partial charge in [-0.3, -0.25) is 4.79 Å². The maximum atomic E-state index is 11.4. The van der Waals surface area contributed by atoms with Crippen LogP contribution in [-0.4, -0.2) is 60.0 Å². The third kappa shape index (κ3) is 7.51. The Bertz CT molecular complexity index is 1290. The van der Waals surface area contributed by atoms with Crippen LogP contribution >= 0.6 is 27.5 Å². The van der Waals surface area contributed by atoms with Crippen molar-refractivity contribution < 1.29 is 19.0 Å². The molecule has 194 valence electrons. The van der Waals surface area contributed by atoms with E-state index in [2.05, 4.69) is 46.7 Å². The van der Waals surface area contributed by atoms with Gasteiger partial charge in [0.05, 0.1) is 26.0 Å². The van der Waals surface area contributed by atoms with Crippen LogP contribution in [0.25, 0.3) is 0 Å². The molecule has 3 aromatic rings. The molecule has 1 aliphatic heterocycles. The molecule has 1 aromatic heterocycles. The predicted molar refractivity (Wildman–Crippen MR) is 145 cm³/mol. The molecule has 13 heteroatoms. The molecule has 1 saturated heterocycles. The number of halogens is 2. The molecule has 0 aliphatic carbocycles. The number of hydrogen-bond donors (Lipinski definition) is 2. The van der Waals surface area contributed by atoms with Gasteiger partial charge in [-0.05, 0) is 53.2 Å². The number of benzene rings is 2. The Morgan fingerprint density at radius 1 is 1.19 bits per heavy atom. The van der Waals surface area contributed by atoms with Crippen LogP contribution < -0.4 is 25.1 Å². The van der Waals surface area contributed by atoms with Crippen molar-refractivity contribution in [3.8, 4) is 11.5 Å². The van der Waals surface area contributed by atoms with Crippen molar-refractivity contribution in [3.63, 3.8) is 0 Å². The summed E-state index contributed by atoms with van der Waals surface area (Å²) in [5.41, 5.74) is 4.30. The number of anilines is 4. The Morgan fingerprint density at radius 2 is 1.97 bits per heavy atom. The normalized spacial score (nSPS) is 13.5. The first-order valence-corrected chi connectivity index (χ1v) is 12.6. The third-order valence-corrected chi connectivity index (χ3v) is 5.90. The number of nitrogens with one attached hydrogen (secondary N) is 2. The number of ether oxygens (including phenoxy) is 3. The molecule has 0 atom stereocenters. The van der Waals surface area contributed by atoms with Crippen LogP contribution in [0.1, 0.15) is 19.4 Å². The van der Waals surface area contributed by atoms with Gasteiger partial charge in [0.1, 0.15) is 0 Å². The maximum Gasteiger partial charge on any atom is 0.308 e. The van der Waals surface area contributed by atoms with Crippen molar-refractivity contribution >= 4 is 63.2 Å². The van der Waals surface area contributed by atoms with Crippen LogP contribution in [0, 0.1) is 0 Å². The second kappa shape index (κ2) is 12.7. The number of hydrogen-bond acceptors (Lipinski definition) is 11. The Hall–Kier alpha value is -3.48. The largest absolute Gasteiger partial charge is 0.490 e. The molecule has 2 aromatic carbocycles. The van der Waals surface area contributed by atoms with E-state index in [9.17, 15) is 4.79 Å². The smallest absolute Gasteiger partial charge is 0.308 e. The topological polar surface area (TPSA) is 123 Å². The molecule has 2 heterocycles. The zero-order chi connectivity index (χ0) is 26.2. The fraction of sp³-hybridized carbons (Fsp3) is 0.292. The molecule has 0 bridgehead atoms. The van der Waals surface area contributed by atoms with Crippen LogP contribution in [0.5, 0.6) is 11.5 Å². The van der Waals surface area contributed by atoms with Crippen molar-refractivity contribution in [2.24, 2.45) is 5.10 Å². The first kappa shape index (κ1) is 26.6. The maximum absolute atomic E-state index is 11.4. The fourth-order valence-corrected chi connectivity index (χ4v) is 4.00. The molecule has 0 unspecified atom stereocenters. The van der Waals surface area contributed by atoms with Gasteiger partial charge < -0.3 is 24.4 Å². The van der Waals surface area contributed by atoms with Gasteiger partial charge in [-0.25, -0.2) is 5.43 Å². The van der Waals surface area contributed by atoms with E-state index >= 15 is 0 Å².